The van der Waals surface area contributed by atoms with Gasteiger partial charge in [-0.1, -0.05) is 24.3 Å². The van der Waals surface area contributed by atoms with Crippen molar-refractivity contribution in [2.24, 2.45) is 0 Å². The molecule has 2 aromatic rings. The maximum absolute atomic E-state index is 13.3. The van der Waals surface area contributed by atoms with Gasteiger partial charge in [-0.25, -0.2) is 8.42 Å². The van der Waals surface area contributed by atoms with Crippen molar-refractivity contribution in [3.63, 3.8) is 0 Å². The van der Waals surface area contributed by atoms with Crippen molar-refractivity contribution in [3.8, 4) is 0 Å². The van der Waals surface area contributed by atoms with E-state index >= 15 is 0 Å². The van der Waals surface area contributed by atoms with Crippen LogP contribution in [0.1, 0.15) is 11.1 Å². The first-order valence-corrected chi connectivity index (χ1v) is 10.8. The van der Waals surface area contributed by atoms with Gasteiger partial charge in [0, 0.05) is 26.2 Å². The zero-order valence-electron chi connectivity index (χ0n) is 16.6. The second-order valence-electron chi connectivity index (χ2n) is 7.28. The zero-order valence-corrected chi connectivity index (χ0v) is 17.4. The van der Waals surface area contributed by atoms with Gasteiger partial charge >= 0.3 is 0 Å². The number of hydrogen-bond donors (Lipinski definition) is 0. The molecule has 1 amide bonds. The number of anilines is 1. The average Bonchev–Trinajstić information content (AvgIpc) is 2.69. The smallest absolute Gasteiger partial charge is 0.264 e. The minimum atomic E-state index is -3.85. The Labute approximate surface area is 167 Å². The van der Waals surface area contributed by atoms with E-state index in [4.69, 9.17) is 0 Å². The van der Waals surface area contributed by atoms with Crippen LogP contribution in [0.25, 0.3) is 0 Å². The third kappa shape index (κ3) is 4.36. The highest BCUT2D eigenvalue weighted by Gasteiger charge is 2.30. The van der Waals surface area contributed by atoms with Gasteiger partial charge in [0.1, 0.15) is 6.54 Å². The molecule has 1 fully saturated rings. The second-order valence-corrected chi connectivity index (χ2v) is 9.14. The number of hydrogen-bond acceptors (Lipinski definition) is 4. The lowest BCUT2D eigenvalue weighted by molar-refractivity contribution is -0.131. The first kappa shape index (κ1) is 20.4. The van der Waals surface area contributed by atoms with E-state index in [0.717, 1.165) is 24.2 Å². The molecule has 0 unspecified atom stereocenters. The standard InChI is InChI=1S/C21H27N3O3S/c1-17-9-10-19(15-18(17)2)24(28(26,27)20-7-5-4-6-8-20)16-21(25)23-13-11-22(3)12-14-23/h4-10,15H,11-14,16H2,1-3H3. The lowest BCUT2D eigenvalue weighted by Crippen LogP contribution is -2.50. The fourth-order valence-corrected chi connectivity index (χ4v) is 4.62. The van der Waals surface area contributed by atoms with E-state index in [1.54, 1.807) is 41.3 Å². The molecule has 0 atom stereocenters. The molecule has 0 saturated carbocycles. The first-order chi connectivity index (χ1) is 13.3. The molecule has 1 aliphatic rings. The Bertz CT molecular complexity index is 937. The molecular formula is C21H27N3O3S. The van der Waals surface area contributed by atoms with Gasteiger partial charge in [-0.3, -0.25) is 9.10 Å². The number of benzene rings is 2. The number of piperazine rings is 1. The van der Waals surface area contributed by atoms with E-state index in [1.165, 1.54) is 4.31 Å². The highest BCUT2D eigenvalue weighted by molar-refractivity contribution is 7.92. The number of rotatable bonds is 5. The lowest BCUT2D eigenvalue weighted by Gasteiger charge is -2.34. The number of carbonyl (C=O) groups excluding carboxylic acids is 1. The maximum atomic E-state index is 13.3. The molecule has 3 rings (SSSR count). The van der Waals surface area contributed by atoms with Crippen LogP contribution in [0.5, 0.6) is 0 Å². The topological polar surface area (TPSA) is 60.9 Å². The van der Waals surface area contributed by atoms with Gasteiger partial charge in [0.15, 0.2) is 0 Å². The monoisotopic (exact) mass is 401 g/mol. The molecule has 6 nitrogen and oxygen atoms in total. The third-order valence-corrected chi connectivity index (χ3v) is 7.03. The van der Waals surface area contributed by atoms with Gasteiger partial charge in [0.2, 0.25) is 5.91 Å². The van der Waals surface area contributed by atoms with Gasteiger partial charge < -0.3 is 9.80 Å². The van der Waals surface area contributed by atoms with E-state index in [2.05, 4.69) is 4.90 Å². The van der Waals surface area contributed by atoms with Crippen molar-refractivity contribution in [1.82, 2.24) is 9.80 Å². The summed E-state index contributed by atoms with van der Waals surface area (Å²) in [5.41, 5.74) is 2.57. The van der Waals surface area contributed by atoms with Gasteiger partial charge in [-0.2, -0.15) is 0 Å². The van der Waals surface area contributed by atoms with E-state index in [9.17, 15) is 13.2 Å². The molecule has 1 heterocycles. The van der Waals surface area contributed by atoms with Crippen molar-refractivity contribution < 1.29 is 13.2 Å². The van der Waals surface area contributed by atoms with Gasteiger partial charge in [-0.05, 0) is 56.3 Å². The molecule has 150 valence electrons. The second kappa shape index (κ2) is 8.32. The number of aryl methyl sites for hydroxylation is 2. The summed E-state index contributed by atoms with van der Waals surface area (Å²) in [7, 11) is -1.84. The Kier molecular flexibility index (Phi) is 6.05. The predicted molar refractivity (Wildman–Crippen MR) is 111 cm³/mol. The number of sulfonamides is 1. The Morgan fingerprint density at radius 1 is 0.964 bits per heavy atom. The largest absolute Gasteiger partial charge is 0.339 e. The zero-order chi connectivity index (χ0) is 20.3. The first-order valence-electron chi connectivity index (χ1n) is 9.40. The summed E-state index contributed by atoms with van der Waals surface area (Å²) in [5, 5.41) is 0. The summed E-state index contributed by atoms with van der Waals surface area (Å²) in [6, 6.07) is 13.7. The number of likely N-dealkylation sites (N-methyl/N-ethyl adjacent to an activating group) is 1. The lowest BCUT2D eigenvalue weighted by atomic mass is 10.1. The fraction of sp³-hybridized carbons (Fsp3) is 0.381. The van der Waals surface area contributed by atoms with Crippen LogP contribution in [0, 0.1) is 13.8 Å². The van der Waals surface area contributed by atoms with Gasteiger partial charge in [0.25, 0.3) is 10.0 Å². The van der Waals surface area contributed by atoms with Crippen LogP contribution in [0.2, 0.25) is 0 Å². The van der Waals surface area contributed by atoms with E-state index in [-0.39, 0.29) is 17.3 Å². The summed E-state index contributed by atoms with van der Waals surface area (Å²) in [4.78, 5) is 17.0. The van der Waals surface area contributed by atoms with E-state index < -0.39 is 10.0 Å². The van der Waals surface area contributed by atoms with Crippen molar-refractivity contribution in [2.45, 2.75) is 18.7 Å². The predicted octanol–water partition coefficient (Wildman–Crippen LogP) is 2.27. The Hall–Kier alpha value is -2.38. The molecule has 0 aliphatic carbocycles. The Balaban J connectivity index is 1.95. The van der Waals surface area contributed by atoms with Crippen LogP contribution in [0.3, 0.4) is 0 Å². The highest BCUT2D eigenvalue weighted by atomic mass is 32.2. The van der Waals surface area contributed by atoms with Crippen LogP contribution < -0.4 is 4.31 Å². The van der Waals surface area contributed by atoms with Crippen LogP contribution in [-0.4, -0.2) is 63.9 Å². The molecule has 0 aromatic heterocycles. The van der Waals surface area contributed by atoms with Crippen molar-refractivity contribution in [1.29, 1.82) is 0 Å². The Morgan fingerprint density at radius 2 is 1.61 bits per heavy atom. The van der Waals surface area contributed by atoms with Gasteiger partial charge in [-0.15, -0.1) is 0 Å². The molecule has 7 heteroatoms. The number of nitrogens with zero attached hydrogens (tertiary/aromatic N) is 3. The molecule has 0 N–H and O–H groups in total. The maximum Gasteiger partial charge on any atom is 0.264 e. The summed E-state index contributed by atoms with van der Waals surface area (Å²) in [6.45, 7) is 6.52. The van der Waals surface area contributed by atoms with Crippen LogP contribution in [0.15, 0.2) is 53.4 Å². The van der Waals surface area contributed by atoms with Crippen molar-refractivity contribution in [3.05, 3.63) is 59.7 Å². The molecule has 1 saturated heterocycles. The normalized spacial score (nSPS) is 15.5. The molecule has 0 radical (unpaired) electrons. The molecule has 28 heavy (non-hydrogen) atoms. The number of carbonyl (C=O) groups is 1. The fourth-order valence-electron chi connectivity index (χ4n) is 3.19. The summed E-state index contributed by atoms with van der Waals surface area (Å²) in [5.74, 6) is -0.175. The highest BCUT2D eigenvalue weighted by Crippen LogP contribution is 2.26. The summed E-state index contributed by atoms with van der Waals surface area (Å²) >= 11 is 0. The van der Waals surface area contributed by atoms with E-state index in [1.807, 2.05) is 33.0 Å². The SMILES string of the molecule is Cc1ccc(N(CC(=O)N2CCN(C)CC2)S(=O)(=O)c2ccccc2)cc1C. The van der Waals surface area contributed by atoms with Crippen molar-refractivity contribution in [2.75, 3.05) is 44.1 Å². The Morgan fingerprint density at radius 3 is 2.21 bits per heavy atom. The molecular weight excluding hydrogens is 374 g/mol. The third-order valence-electron chi connectivity index (χ3n) is 5.24. The molecule has 2 aromatic carbocycles. The quantitative estimate of drug-likeness (QED) is 0.771. The summed E-state index contributed by atoms with van der Waals surface area (Å²) in [6.07, 6.45) is 0. The van der Waals surface area contributed by atoms with E-state index in [0.29, 0.717) is 18.8 Å². The minimum absolute atomic E-state index is 0.175. The van der Waals surface area contributed by atoms with Crippen LogP contribution in [0.4, 0.5) is 5.69 Å². The average molecular weight is 402 g/mol. The van der Waals surface area contributed by atoms with Crippen LogP contribution >= 0.6 is 0 Å². The molecule has 1 aliphatic heterocycles. The van der Waals surface area contributed by atoms with Gasteiger partial charge in [0.05, 0.1) is 10.6 Å². The molecule has 0 bridgehead atoms. The van der Waals surface area contributed by atoms with Crippen molar-refractivity contribution >= 4 is 21.6 Å². The summed E-state index contributed by atoms with van der Waals surface area (Å²) < 4.78 is 27.9. The number of amides is 1. The van der Waals surface area contributed by atoms with Crippen LogP contribution in [-0.2, 0) is 14.8 Å². The minimum Gasteiger partial charge on any atom is -0.339 e. The molecule has 0 spiro atoms.